The van der Waals surface area contributed by atoms with Crippen LogP contribution in [0.25, 0.3) is 11.0 Å². The van der Waals surface area contributed by atoms with Crippen molar-refractivity contribution in [1.29, 1.82) is 0 Å². The number of aryl methyl sites for hydroxylation is 2. The molecule has 224 valence electrons. The molecule has 3 aromatic rings. The fourth-order valence-electron chi connectivity index (χ4n) is 4.54. The molecule has 0 aliphatic carbocycles. The van der Waals surface area contributed by atoms with Gasteiger partial charge in [0.25, 0.3) is 11.8 Å². The highest BCUT2D eigenvalue weighted by molar-refractivity contribution is 8.00. The second kappa shape index (κ2) is 12.2. The van der Waals surface area contributed by atoms with Crippen LogP contribution in [0.5, 0.6) is 0 Å². The topological polar surface area (TPSA) is 208 Å². The van der Waals surface area contributed by atoms with Gasteiger partial charge < -0.3 is 30.3 Å². The maximum absolute atomic E-state index is 13.0. The number of anilines is 1. The van der Waals surface area contributed by atoms with Crippen molar-refractivity contribution in [1.82, 2.24) is 24.8 Å². The maximum Gasteiger partial charge on any atom is 0.352 e. The van der Waals surface area contributed by atoms with Crippen molar-refractivity contribution in [3.8, 4) is 0 Å². The molecule has 5 heterocycles. The van der Waals surface area contributed by atoms with Gasteiger partial charge in [0.05, 0.1) is 11.1 Å². The summed E-state index contributed by atoms with van der Waals surface area (Å²) in [6.45, 7) is 3.61. The second-order valence-corrected chi connectivity index (χ2v) is 11.4. The van der Waals surface area contributed by atoms with Gasteiger partial charge in [0, 0.05) is 35.1 Å². The zero-order valence-corrected chi connectivity index (χ0v) is 24.4. The van der Waals surface area contributed by atoms with Gasteiger partial charge in [0.15, 0.2) is 11.7 Å². The predicted molar refractivity (Wildman–Crippen MR) is 156 cm³/mol. The number of thiazole rings is 1. The standard InChI is InChI=1S/C26H25N7O8S2/c1-3-32-7-16(20(35)15-5-4-12(2)29-21(15)32)25(39)40-8-13-10-42-23-18(22(36)33(23)19(13)24(37)38)31-17(34)6-28-41-9-14-11-43-26(27)30-14/h4-7,11,18,23H,3,8-10H2,1-2H3,(H2,27,30)(H,31,34)(H,37,38)/t18-,23-/m1/s1. The molecule has 0 aromatic carbocycles. The number of nitrogens with zero attached hydrogens (tertiary/aromatic N) is 5. The number of hydrogen-bond donors (Lipinski definition) is 3. The Morgan fingerprint density at radius 1 is 1.26 bits per heavy atom. The summed E-state index contributed by atoms with van der Waals surface area (Å²) in [5, 5.41) is 17.5. The number of nitrogens with one attached hydrogen (secondary N) is 1. The van der Waals surface area contributed by atoms with E-state index in [0.29, 0.717) is 28.7 Å². The van der Waals surface area contributed by atoms with Crippen LogP contribution in [-0.4, -0.2) is 78.3 Å². The Bertz CT molecular complexity index is 1770. The van der Waals surface area contributed by atoms with Gasteiger partial charge in [0.1, 0.15) is 41.1 Å². The Hall–Kier alpha value is -4.77. The lowest BCUT2D eigenvalue weighted by Gasteiger charge is -2.49. The molecular formula is C26H25N7O8S2. The molecule has 3 aromatic heterocycles. The number of hydrogen-bond acceptors (Lipinski definition) is 13. The Labute approximate surface area is 251 Å². The van der Waals surface area contributed by atoms with Crippen LogP contribution in [0.15, 0.2) is 44.9 Å². The lowest BCUT2D eigenvalue weighted by Crippen LogP contribution is -2.70. The highest BCUT2D eigenvalue weighted by Crippen LogP contribution is 2.40. The summed E-state index contributed by atoms with van der Waals surface area (Å²) >= 11 is 2.42. The van der Waals surface area contributed by atoms with Crippen molar-refractivity contribution in [2.75, 3.05) is 18.1 Å². The van der Waals surface area contributed by atoms with Gasteiger partial charge in [-0.05, 0) is 26.0 Å². The molecule has 0 radical (unpaired) electrons. The van der Waals surface area contributed by atoms with E-state index in [-0.39, 0.29) is 34.6 Å². The lowest BCUT2D eigenvalue weighted by molar-refractivity contribution is -0.150. The predicted octanol–water partition coefficient (Wildman–Crippen LogP) is 0.862. The van der Waals surface area contributed by atoms with Gasteiger partial charge in [-0.2, -0.15) is 0 Å². The largest absolute Gasteiger partial charge is 0.477 e. The van der Waals surface area contributed by atoms with Crippen LogP contribution in [0.1, 0.15) is 28.7 Å². The third-order valence-corrected chi connectivity index (χ3v) is 8.64. The number of carbonyl (C=O) groups excluding carboxylic acids is 3. The van der Waals surface area contributed by atoms with Crippen LogP contribution in [0, 0.1) is 6.92 Å². The van der Waals surface area contributed by atoms with Crippen LogP contribution >= 0.6 is 23.1 Å². The van der Waals surface area contributed by atoms with Crippen LogP contribution in [-0.2, 0) is 37.1 Å². The fraction of sp³-hybridized carbons (Fsp3) is 0.308. The number of rotatable bonds is 10. The number of aliphatic carboxylic acids is 1. The zero-order valence-electron chi connectivity index (χ0n) is 22.8. The van der Waals surface area contributed by atoms with Crippen molar-refractivity contribution in [3.63, 3.8) is 0 Å². The molecule has 0 saturated carbocycles. The van der Waals surface area contributed by atoms with E-state index in [1.807, 2.05) is 6.92 Å². The van der Waals surface area contributed by atoms with Gasteiger partial charge in [-0.25, -0.2) is 19.6 Å². The van der Waals surface area contributed by atoms with E-state index in [9.17, 15) is 29.1 Å². The van der Waals surface area contributed by atoms with Crippen molar-refractivity contribution in [2.24, 2.45) is 5.16 Å². The number of pyridine rings is 2. The number of carbonyl (C=O) groups is 4. The molecule has 0 unspecified atom stereocenters. The van der Waals surface area contributed by atoms with Gasteiger partial charge in [-0.1, -0.05) is 5.16 Å². The number of aromatic nitrogens is 3. The summed E-state index contributed by atoms with van der Waals surface area (Å²) in [5.74, 6) is -3.59. The van der Waals surface area contributed by atoms with E-state index in [1.54, 1.807) is 29.0 Å². The van der Waals surface area contributed by atoms with Crippen LogP contribution in [0.3, 0.4) is 0 Å². The smallest absolute Gasteiger partial charge is 0.352 e. The van der Waals surface area contributed by atoms with Crippen LogP contribution < -0.4 is 16.5 Å². The minimum absolute atomic E-state index is 0.00128. The summed E-state index contributed by atoms with van der Waals surface area (Å²) in [4.78, 5) is 77.7. The number of fused-ring (bicyclic) bond motifs is 2. The summed E-state index contributed by atoms with van der Waals surface area (Å²) in [6, 6.07) is 2.26. The van der Waals surface area contributed by atoms with Gasteiger partial charge in [-0.15, -0.1) is 23.1 Å². The van der Waals surface area contributed by atoms with E-state index in [2.05, 4.69) is 20.4 Å². The number of nitrogens with two attached hydrogens (primary N) is 1. The zero-order chi connectivity index (χ0) is 30.8. The molecule has 5 rings (SSSR count). The van der Waals surface area contributed by atoms with E-state index in [4.69, 9.17) is 15.3 Å². The number of nitrogen functional groups attached to an aromatic ring is 1. The van der Waals surface area contributed by atoms with Crippen LogP contribution in [0.2, 0.25) is 0 Å². The van der Waals surface area contributed by atoms with Crippen molar-refractivity contribution in [2.45, 2.75) is 38.4 Å². The first-order chi connectivity index (χ1) is 20.6. The third-order valence-electron chi connectivity index (χ3n) is 6.57. The van der Waals surface area contributed by atoms with E-state index >= 15 is 0 Å². The second-order valence-electron chi connectivity index (χ2n) is 9.40. The first kappa shape index (κ1) is 29.7. The first-order valence-electron chi connectivity index (χ1n) is 12.8. The minimum atomic E-state index is -1.40. The van der Waals surface area contributed by atoms with Gasteiger partial charge in [-0.3, -0.25) is 19.3 Å². The van der Waals surface area contributed by atoms with Crippen molar-refractivity contribution in [3.05, 3.63) is 62.2 Å². The monoisotopic (exact) mass is 627 g/mol. The summed E-state index contributed by atoms with van der Waals surface area (Å²) in [5.41, 5.74) is 6.29. The maximum atomic E-state index is 13.0. The molecule has 2 aliphatic heterocycles. The number of carboxylic acids is 1. The fourth-order valence-corrected chi connectivity index (χ4v) is 6.41. The quantitative estimate of drug-likeness (QED) is 0.124. The molecule has 17 heteroatoms. The van der Waals surface area contributed by atoms with E-state index in [0.717, 1.165) is 11.1 Å². The Kier molecular flexibility index (Phi) is 8.45. The molecule has 2 aliphatic rings. The molecule has 0 spiro atoms. The molecule has 1 fully saturated rings. The first-order valence-corrected chi connectivity index (χ1v) is 14.8. The molecule has 0 bridgehead atoms. The number of carboxylic acid groups (broad SMARTS) is 1. The van der Waals surface area contributed by atoms with E-state index < -0.39 is 47.2 Å². The molecule has 15 nitrogen and oxygen atoms in total. The highest BCUT2D eigenvalue weighted by Gasteiger charge is 2.54. The van der Waals surface area contributed by atoms with Crippen LogP contribution in [0.4, 0.5) is 5.13 Å². The SMILES string of the molecule is CCn1cc(C(=O)OCC2=C(C(=O)O)N3C(=O)[C@@H](NC(=O)C=NOCc4csc(N)n4)[C@H]3SC2)c(=O)c2ccc(C)nc21. The number of thioether (sulfide) groups is 1. The Morgan fingerprint density at radius 2 is 2.05 bits per heavy atom. The minimum Gasteiger partial charge on any atom is -0.477 e. The van der Waals surface area contributed by atoms with Gasteiger partial charge in [0.2, 0.25) is 5.43 Å². The van der Waals surface area contributed by atoms with Crippen molar-refractivity contribution >= 4 is 69.2 Å². The number of ether oxygens (including phenoxy) is 1. The normalized spacial score (nSPS) is 18.0. The molecule has 1 saturated heterocycles. The number of amides is 2. The molecule has 2 atom stereocenters. The molecule has 2 amide bonds. The number of oxime groups is 1. The molecule has 43 heavy (non-hydrogen) atoms. The third kappa shape index (κ3) is 5.94. The van der Waals surface area contributed by atoms with Crippen molar-refractivity contribution < 1.29 is 33.9 Å². The Morgan fingerprint density at radius 3 is 2.74 bits per heavy atom. The van der Waals surface area contributed by atoms with E-state index in [1.165, 1.54) is 29.3 Å². The van der Waals surface area contributed by atoms with Gasteiger partial charge >= 0.3 is 11.9 Å². The Balaban J connectivity index is 1.24. The molecular weight excluding hydrogens is 602 g/mol. The average molecular weight is 628 g/mol. The summed E-state index contributed by atoms with van der Waals surface area (Å²) < 4.78 is 7.02. The average Bonchev–Trinajstić information content (AvgIpc) is 3.41. The number of esters is 1. The molecule has 4 N–H and O–H groups in total. The summed E-state index contributed by atoms with van der Waals surface area (Å²) in [7, 11) is 0. The summed E-state index contributed by atoms with van der Waals surface area (Å²) in [6.07, 6.45) is 2.22. The lowest BCUT2D eigenvalue weighted by atomic mass is 10.0. The highest BCUT2D eigenvalue weighted by atomic mass is 32.2. The number of β-lactam (4-membered cyclic amide) rings is 1.